The second kappa shape index (κ2) is 8.60. The maximum atomic E-state index is 11.8. The first-order chi connectivity index (χ1) is 8.70. The molecular weight excluding hydrogens is 265 g/mol. The number of carboxylic acid groups (broad SMARTS) is 1. The Labute approximate surface area is 109 Å². The molecule has 2 amide bonds. The molecule has 0 rings (SSSR count). The van der Waals surface area contributed by atoms with E-state index in [1.54, 1.807) is 0 Å². The molecular formula is C11H19F3N2O3. The minimum atomic E-state index is -4.28. The Kier molecular flexibility index (Phi) is 7.94. The van der Waals surface area contributed by atoms with Gasteiger partial charge in [0.1, 0.15) is 0 Å². The van der Waals surface area contributed by atoms with Crippen molar-refractivity contribution >= 4 is 12.0 Å². The Morgan fingerprint density at radius 3 is 2.26 bits per heavy atom. The second-order valence-corrected chi connectivity index (χ2v) is 4.37. The van der Waals surface area contributed by atoms with E-state index in [4.69, 9.17) is 5.11 Å². The van der Waals surface area contributed by atoms with E-state index in [1.807, 2.05) is 6.92 Å². The minimum Gasteiger partial charge on any atom is -0.481 e. The summed E-state index contributed by atoms with van der Waals surface area (Å²) in [7, 11) is 0. The van der Waals surface area contributed by atoms with E-state index in [2.05, 4.69) is 10.6 Å². The van der Waals surface area contributed by atoms with Crippen molar-refractivity contribution in [1.29, 1.82) is 0 Å². The monoisotopic (exact) mass is 284 g/mol. The standard InChI is InChI=1S/C11H19F3N2O3/c1-8(2-3-9(17)18)4-6-15-10(19)16-7-5-11(12,13)14/h8H,2-7H2,1H3,(H,17,18)(H2,15,16,19). The summed E-state index contributed by atoms with van der Waals surface area (Å²) in [5.41, 5.74) is 0. The molecule has 19 heavy (non-hydrogen) atoms. The van der Waals surface area contributed by atoms with Gasteiger partial charge in [0.15, 0.2) is 0 Å². The lowest BCUT2D eigenvalue weighted by Crippen LogP contribution is -2.38. The zero-order valence-electron chi connectivity index (χ0n) is 10.7. The molecule has 1 unspecified atom stereocenters. The number of carbonyl (C=O) groups excluding carboxylic acids is 1. The van der Waals surface area contributed by atoms with Gasteiger partial charge >= 0.3 is 18.2 Å². The van der Waals surface area contributed by atoms with Gasteiger partial charge in [0.25, 0.3) is 0 Å². The van der Waals surface area contributed by atoms with Gasteiger partial charge in [-0.05, 0) is 18.8 Å². The molecule has 8 heteroatoms. The maximum absolute atomic E-state index is 11.8. The molecule has 0 aromatic rings. The molecule has 1 atom stereocenters. The maximum Gasteiger partial charge on any atom is 0.390 e. The summed E-state index contributed by atoms with van der Waals surface area (Å²) in [5.74, 6) is -0.740. The predicted molar refractivity (Wildman–Crippen MR) is 62.7 cm³/mol. The van der Waals surface area contributed by atoms with E-state index in [0.29, 0.717) is 19.4 Å². The Morgan fingerprint density at radius 1 is 1.16 bits per heavy atom. The van der Waals surface area contributed by atoms with Crippen LogP contribution in [0.15, 0.2) is 0 Å². The van der Waals surface area contributed by atoms with Crippen molar-refractivity contribution in [3.8, 4) is 0 Å². The highest BCUT2D eigenvalue weighted by atomic mass is 19.4. The molecule has 0 aliphatic heterocycles. The Morgan fingerprint density at radius 2 is 1.74 bits per heavy atom. The van der Waals surface area contributed by atoms with E-state index < -0.39 is 31.1 Å². The summed E-state index contributed by atoms with van der Waals surface area (Å²) in [6, 6.07) is -0.644. The molecule has 3 N–H and O–H groups in total. The van der Waals surface area contributed by atoms with Crippen molar-refractivity contribution in [1.82, 2.24) is 10.6 Å². The topological polar surface area (TPSA) is 78.4 Å². The number of amides is 2. The fraction of sp³-hybridized carbons (Fsp3) is 0.818. The number of carbonyl (C=O) groups is 2. The third-order valence-corrected chi connectivity index (χ3v) is 2.47. The number of urea groups is 1. The van der Waals surface area contributed by atoms with E-state index in [1.165, 1.54) is 0 Å². The van der Waals surface area contributed by atoms with Crippen LogP contribution < -0.4 is 10.6 Å². The van der Waals surface area contributed by atoms with Gasteiger partial charge in [-0.1, -0.05) is 6.92 Å². The highest BCUT2D eigenvalue weighted by Crippen LogP contribution is 2.18. The van der Waals surface area contributed by atoms with E-state index in [9.17, 15) is 22.8 Å². The van der Waals surface area contributed by atoms with Gasteiger partial charge in [-0.15, -0.1) is 0 Å². The number of hydrogen-bond donors (Lipinski definition) is 3. The van der Waals surface area contributed by atoms with Gasteiger partial charge in [0.2, 0.25) is 0 Å². The first-order valence-corrected chi connectivity index (χ1v) is 6.01. The molecule has 0 fully saturated rings. The van der Waals surface area contributed by atoms with Gasteiger partial charge in [-0.3, -0.25) is 4.79 Å². The molecule has 112 valence electrons. The molecule has 0 bridgehead atoms. The van der Waals surface area contributed by atoms with E-state index in [0.717, 1.165) is 0 Å². The Balaban J connectivity index is 3.55. The largest absolute Gasteiger partial charge is 0.481 e. The summed E-state index contributed by atoms with van der Waals surface area (Å²) < 4.78 is 35.4. The fourth-order valence-corrected chi connectivity index (χ4v) is 1.33. The first-order valence-electron chi connectivity index (χ1n) is 6.01. The molecule has 0 spiro atoms. The lowest BCUT2D eigenvalue weighted by atomic mass is 10.0. The quantitative estimate of drug-likeness (QED) is 0.639. The van der Waals surface area contributed by atoms with E-state index >= 15 is 0 Å². The van der Waals surface area contributed by atoms with Crippen molar-refractivity contribution in [3.05, 3.63) is 0 Å². The summed E-state index contributed by atoms with van der Waals surface area (Å²) >= 11 is 0. The van der Waals surface area contributed by atoms with Crippen molar-refractivity contribution < 1.29 is 27.9 Å². The van der Waals surface area contributed by atoms with Gasteiger partial charge in [0.05, 0.1) is 6.42 Å². The smallest absolute Gasteiger partial charge is 0.390 e. The molecule has 0 heterocycles. The third-order valence-electron chi connectivity index (χ3n) is 2.47. The van der Waals surface area contributed by atoms with Gasteiger partial charge in [-0.25, -0.2) is 4.79 Å². The lowest BCUT2D eigenvalue weighted by Gasteiger charge is -2.12. The Hall–Kier alpha value is -1.47. The van der Waals surface area contributed by atoms with Crippen LogP contribution in [0.3, 0.4) is 0 Å². The number of alkyl halides is 3. The van der Waals surface area contributed by atoms with Crippen LogP contribution in [-0.2, 0) is 4.79 Å². The number of carboxylic acids is 1. The van der Waals surface area contributed by atoms with Crippen molar-refractivity contribution in [2.24, 2.45) is 5.92 Å². The van der Waals surface area contributed by atoms with Crippen molar-refractivity contribution in [2.75, 3.05) is 13.1 Å². The lowest BCUT2D eigenvalue weighted by molar-refractivity contribution is -0.137. The molecule has 0 aromatic carbocycles. The summed E-state index contributed by atoms with van der Waals surface area (Å²) in [4.78, 5) is 21.4. The minimum absolute atomic E-state index is 0.0684. The second-order valence-electron chi connectivity index (χ2n) is 4.37. The highest BCUT2D eigenvalue weighted by molar-refractivity contribution is 5.73. The van der Waals surface area contributed by atoms with Crippen LogP contribution in [0, 0.1) is 5.92 Å². The van der Waals surface area contributed by atoms with Gasteiger partial charge in [0, 0.05) is 19.5 Å². The highest BCUT2D eigenvalue weighted by Gasteiger charge is 2.26. The van der Waals surface area contributed by atoms with Crippen LogP contribution >= 0.6 is 0 Å². The van der Waals surface area contributed by atoms with Gasteiger partial charge in [-0.2, -0.15) is 13.2 Å². The van der Waals surface area contributed by atoms with Crippen LogP contribution in [-0.4, -0.2) is 36.4 Å². The molecule has 0 aromatic heterocycles. The van der Waals surface area contributed by atoms with Crippen LogP contribution in [0.4, 0.5) is 18.0 Å². The molecule has 0 radical (unpaired) electrons. The summed E-state index contributed by atoms with van der Waals surface area (Å²) in [6.07, 6.45) is -4.18. The fourth-order valence-electron chi connectivity index (χ4n) is 1.33. The average Bonchev–Trinajstić information content (AvgIpc) is 2.24. The summed E-state index contributed by atoms with van der Waals surface area (Å²) in [5, 5.41) is 13.0. The van der Waals surface area contributed by atoms with Crippen LogP contribution in [0.2, 0.25) is 0 Å². The molecule has 0 aliphatic carbocycles. The van der Waals surface area contributed by atoms with Gasteiger partial charge < -0.3 is 15.7 Å². The van der Waals surface area contributed by atoms with Crippen molar-refractivity contribution in [2.45, 2.75) is 38.8 Å². The summed E-state index contributed by atoms with van der Waals surface area (Å²) in [6.45, 7) is 1.70. The number of halogens is 3. The van der Waals surface area contributed by atoms with Crippen molar-refractivity contribution in [3.63, 3.8) is 0 Å². The number of hydrogen-bond acceptors (Lipinski definition) is 2. The zero-order valence-corrected chi connectivity index (χ0v) is 10.7. The zero-order chi connectivity index (χ0) is 14.9. The van der Waals surface area contributed by atoms with E-state index in [-0.39, 0.29) is 12.3 Å². The number of nitrogens with one attached hydrogen (secondary N) is 2. The predicted octanol–water partition coefficient (Wildman–Crippen LogP) is 2.13. The van der Waals surface area contributed by atoms with Crippen LogP contribution in [0.1, 0.15) is 32.6 Å². The molecule has 0 saturated carbocycles. The SMILES string of the molecule is CC(CCNC(=O)NCCC(F)(F)F)CCC(=O)O. The Bertz CT molecular complexity index is 295. The molecule has 5 nitrogen and oxygen atoms in total. The molecule has 0 saturated heterocycles. The normalized spacial score (nSPS) is 12.8. The number of rotatable bonds is 8. The van der Waals surface area contributed by atoms with Crippen LogP contribution in [0.5, 0.6) is 0 Å². The third kappa shape index (κ3) is 12.8. The molecule has 0 aliphatic rings. The van der Waals surface area contributed by atoms with Crippen LogP contribution in [0.25, 0.3) is 0 Å². The first kappa shape index (κ1) is 17.5. The average molecular weight is 284 g/mol. The number of aliphatic carboxylic acids is 1.